The van der Waals surface area contributed by atoms with Crippen LogP contribution in [0.25, 0.3) is 10.6 Å². The normalized spacial score (nSPS) is 10.1. The molecule has 3 nitrogen and oxygen atoms in total. The van der Waals surface area contributed by atoms with E-state index >= 15 is 0 Å². The van der Waals surface area contributed by atoms with Crippen LogP contribution in [0.4, 0.5) is 0 Å². The quantitative estimate of drug-likeness (QED) is 0.582. The highest BCUT2D eigenvalue weighted by Gasteiger charge is 2.03. The molecular formula is C9H5ClN2OS. The second kappa shape index (κ2) is 3.86. The first-order valence-corrected chi connectivity index (χ1v) is 5.08. The first-order valence-electron chi connectivity index (χ1n) is 3.82. The number of hydrogen-bond donors (Lipinski definition) is 0. The fourth-order valence-electron chi connectivity index (χ4n) is 0.975. The van der Waals surface area contributed by atoms with E-state index in [0.717, 1.165) is 16.9 Å². The van der Waals surface area contributed by atoms with E-state index < -0.39 is 0 Å². The zero-order chi connectivity index (χ0) is 9.97. The lowest BCUT2D eigenvalue weighted by atomic mass is 10.3. The van der Waals surface area contributed by atoms with Gasteiger partial charge in [-0.1, -0.05) is 11.6 Å². The summed E-state index contributed by atoms with van der Waals surface area (Å²) >= 11 is 7.05. The number of halogens is 1. The second-order valence-electron chi connectivity index (χ2n) is 2.56. The average molecular weight is 225 g/mol. The summed E-state index contributed by atoms with van der Waals surface area (Å²) in [5.41, 5.74) is 1.31. The van der Waals surface area contributed by atoms with E-state index in [-0.39, 0.29) is 0 Å². The average Bonchev–Trinajstić information content (AvgIpc) is 2.67. The van der Waals surface area contributed by atoms with Crippen molar-refractivity contribution in [2.45, 2.75) is 0 Å². The molecule has 2 aromatic rings. The lowest BCUT2D eigenvalue weighted by Gasteiger charge is -1.93. The molecule has 0 aliphatic carbocycles. The molecule has 0 aliphatic rings. The highest BCUT2D eigenvalue weighted by molar-refractivity contribution is 7.13. The summed E-state index contributed by atoms with van der Waals surface area (Å²) in [6, 6.07) is 3.52. The van der Waals surface area contributed by atoms with Crippen LogP contribution >= 0.6 is 22.9 Å². The number of aromatic nitrogens is 2. The topological polar surface area (TPSA) is 42.9 Å². The number of hydrogen-bond acceptors (Lipinski definition) is 4. The Labute approximate surface area is 89.4 Å². The first kappa shape index (κ1) is 9.30. The molecule has 2 aromatic heterocycles. The number of carbonyl (C=O) groups excluding carboxylic acids is 1. The number of rotatable bonds is 2. The van der Waals surface area contributed by atoms with Crippen LogP contribution in [0.5, 0.6) is 0 Å². The number of carbonyl (C=O) groups is 1. The van der Waals surface area contributed by atoms with Crippen molar-refractivity contribution >= 4 is 29.2 Å². The van der Waals surface area contributed by atoms with E-state index in [1.54, 1.807) is 17.6 Å². The summed E-state index contributed by atoms with van der Waals surface area (Å²) in [6.07, 6.45) is 2.36. The molecule has 0 bridgehead atoms. The molecule has 14 heavy (non-hydrogen) atoms. The molecule has 2 heterocycles. The standard InChI is InChI=1S/C9H5ClN2OS/c10-8-2-1-6(3-11-8)9-12-7(4-13)5-14-9/h1-5H. The number of thiazole rings is 1. The molecule has 70 valence electrons. The van der Waals surface area contributed by atoms with Gasteiger partial charge in [0.15, 0.2) is 6.29 Å². The lowest BCUT2D eigenvalue weighted by molar-refractivity contribution is 0.111. The van der Waals surface area contributed by atoms with Crippen molar-refractivity contribution in [3.63, 3.8) is 0 Å². The van der Waals surface area contributed by atoms with Crippen LogP contribution in [-0.2, 0) is 0 Å². The molecule has 0 N–H and O–H groups in total. The van der Waals surface area contributed by atoms with Gasteiger partial charge in [0, 0.05) is 17.1 Å². The van der Waals surface area contributed by atoms with Crippen molar-refractivity contribution in [2.75, 3.05) is 0 Å². The SMILES string of the molecule is O=Cc1csc(-c2ccc(Cl)nc2)n1. The predicted octanol–water partition coefficient (Wildman–Crippen LogP) is 2.67. The molecule has 0 amide bonds. The van der Waals surface area contributed by atoms with Gasteiger partial charge < -0.3 is 0 Å². The Morgan fingerprint density at radius 1 is 1.43 bits per heavy atom. The van der Waals surface area contributed by atoms with Gasteiger partial charge in [0.2, 0.25) is 0 Å². The van der Waals surface area contributed by atoms with Gasteiger partial charge in [0.25, 0.3) is 0 Å². The van der Waals surface area contributed by atoms with Crippen molar-refractivity contribution in [1.82, 2.24) is 9.97 Å². The van der Waals surface area contributed by atoms with Gasteiger partial charge in [-0.15, -0.1) is 11.3 Å². The smallest absolute Gasteiger partial charge is 0.169 e. The van der Waals surface area contributed by atoms with E-state index in [9.17, 15) is 4.79 Å². The number of nitrogens with zero attached hydrogens (tertiary/aromatic N) is 2. The predicted molar refractivity (Wildman–Crippen MR) is 55.7 cm³/mol. The molecule has 5 heteroatoms. The minimum atomic E-state index is 0.444. The van der Waals surface area contributed by atoms with Crippen LogP contribution < -0.4 is 0 Å². The molecule has 0 saturated carbocycles. The van der Waals surface area contributed by atoms with Crippen LogP contribution in [0.2, 0.25) is 5.15 Å². The van der Waals surface area contributed by atoms with E-state index in [0.29, 0.717) is 10.8 Å². The molecule has 0 radical (unpaired) electrons. The van der Waals surface area contributed by atoms with Gasteiger partial charge in [-0.25, -0.2) is 9.97 Å². The summed E-state index contributed by atoms with van der Waals surface area (Å²) < 4.78 is 0. The fourth-order valence-corrected chi connectivity index (χ4v) is 1.84. The molecule has 0 atom stereocenters. The maximum atomic E-state index is 10.4. The highest BCUT2D eigenvalue weighted by Crippen LogP contribution is 2.23. The van der Waals surface area contributed by atoms with E-state index in [1.807, 2.05) is 6.07 Å². The van der Waals surface area contributed by atoms with Crippen LogP contribution in [0.3, 0.4) is 0 Å². The summed E-state index contributed by atoms with van der Waals surface area (Å²) in [4.78, 5) is 18.4. The van der Waals surface area contributed by atoms with E-state index in [1.165, 1.54) is 11.3 Å². The van der Waals surface area contributed by atoms with Gasteiger partial charge in [0.1, 0.15) is 15.9 Å². The van der Waals surface area contributed by atoms with Gasteiger partial charge >= 0.3 is 0 Å². The van der Waals surface area contributed by atoms with Crippen molar-refractivity contribution in [3.05, 3.63) is 34.6 Å². The Kier molecular flexibility index (Phi) is 2.56. The Bertz CT molecular complexity index is 452. The molecule has 0 aromatic carbocycles. The van der Waals surface area contributed by atoms with Gasteiger partial charge in [-0.05, 0) is 12.1 Å². The third-order valence-electron chi connectivity index (χ3n) is 1.62. The van der Waals surface area contributed by atoms with Gasteiger partial charge in [-0.2, -0.15) is 0 Å². The molecule has 0 unspecified atom stereocenters. The third-order valence-corrected chi connectivity index (χ3v) is 2.75. The molecule has 0 saturated heterocycles. The summed E-state index contributed by atoms with van der Waals surface area (Å²) in [7, 11) is 0. The zero-order valence-electron chi connectivity index (χ0n) is 6.98. The first-order chi connectivity index (χ1) is 6.79. The van der Waals surface area contributed by atoms with Crippen LogP contribution in [-0.4, -0.2) is 16.3 Å². The third kappa shape index (κ3) is 1.81. The Balaban J connectivity index is 2.39. The van der Waals surface area contributed by atoms with Crippen molar-refractivity contribution in [3.8, 4) is 10.6 Å². The van der Waals surface area contributed by atoms with Crippen LogP contribution in [0.1, 0.15) is 10.5 Å². The monoisotopic (exact) mass is 224 g/mol. The zero-order valence-corrected chi connectivity index (χ0v) is 8.55. The molecular weight excluding hydrogens is 220 g/mol. The summed E-state index contributed by atoms with van der Waals surface area (Å²) in [6.45, 7) is 0. The van der Waals surface area contributed by atoms with Gasteiger partial charge in [-0.3, -0.25) is 4.79 Å². The summed E-state index contributed by atoms with van der Waals surface area (Å²) in [5, 5.41) is 2.92. The highest BCUT2D eigenvalue weighted by atomic mass is 35.5. The maximum Gasteiger partial charge on any atom is 0.169 e. The Morgan fingerprint density at radius 3 is 2.86 bits per heavy atom. The lowest BCUT2D eigenvalue weighted by Crippen LogP contribution is -1.81. The van der Waals surface area contributed by atoms with Gasteiger partial charge in [0.05, 0.1) is 0 Å². The second-order valence-corrected chi connectivity index (χ2v) is 3.81. The minimum Gasteiger partial charge on any atom is -0.296 e. The van der Waals surface area contributed by atoms with E-state index in [4.69, 9.17) is 11.6 Å². The van der Waals surface area contributed by atoms with Crippen LogP contribution in [0.15, 0.2) is 23.7 Å². The minimum absolute atomic E-state index is 0.444. The number of pyridine rings is 1. The van der Waals surface area contributed by atoms with Crippen LogP contribution in [0, 0.1) is 0 Å². The van der Waals surface area contributed by atoms with E-state index in [2.05, 4.69) is 9.97 Å². The summed E-state index contributed by atoms with van der Waals surface area (Å²) in [5.74, 6) is 0. The fraction of sp³-hybridized carbons (Fsp3) is 0. The maximum absolute atomic E-state index is 10.4. The Morgan fingerprint density at radius 2 is 2.29 bits per heavy atom. The molecule has 0 spiro atoms. The van der Waals surface area contributed by atoms with Crippen molar-refractivity contribution in [2.24, 2.45) is 0 Å². The van der Waals surface area contributed by atoms with Crippen molar-refractivity contribution in [1.29, 1.82) is 0 Å². The number of aldehydes is 1. The largest absolute Gasteiger partial charge is 0.296 e. The molecule has 0 aliphatic heterocycles. The van der Waals surface area contributed by atoms with Crippen molar-refractivity contribution < 1.29 is 4.79 Å². The molecule has 0 fully saturated rings. The molecule has 2 rings (SSSR count). The Hall–Kier alpha value is -1.26.